The lowest BCUT2D eigenvalue weighted by Gasteiger charge is -2.32. The Kier molecular flexibility index (Phi) is 9.23. The molecular weight excluding hydrogens is 378 g/mol. The van der Waals surface area contributed by atoms with Crippen LogP contribution in [0.25, 0.3) is 0 Å². The van der Waals surface area contributed by atoms with Crippen LogP contribution in [0.4, 0.5) is 4.79 Å². The fourth-order valence-electron chi connectivity index (χ4n) is 2.59. The van der Waals surface area contributed by atoms with E-state index >= 15 is 0 Å². The lowest BCUT2D eigenvalue weighted by molar-refractivity contribution is -0.155. The molecule has 29 heavy (non-hydrogen) atoms. The number of hydrogen-bond acceptors (Lipinski definition) is 7. The molecule has 0 N–H and O–H groups in total. The van der Waals surface area contributed by atoms with Gasteiger partial charge < -0.3 is 23.7 Å². The van der Waals surface area contributed by atoms with Crippen molar-refractivity contribution in [3.63, 3.8) is 0 Å². The van der Waals surface area contributed by atoms with Crippen molar-refractivity contribution in [2.24, 2.45) is 0 Å². The van der Waals surface area contributed by atoms with Crippen LogP contribution in [-0.4, -0.2) is 62.8 Å². The van der Waals surface area contributed by atoms with Gasteiger partial charge in [0.2, 0.25) is 0 Å². The molecule has 1 amide bonds. The Balaban J connectivity index is 3.26. The molecule has 164 valence electrons. The fraction of sp³-hybridized carbons (Fsp3) is 0.619. The van der Waals surface area contributed by atoms with Gasteiger partial charge in [0.25, 0.3) is 0 Å². The van der Waals surface area contributed by atoms with Crippen LogP contribution in [0.2, 0.25) is 0 Å². The molecule has 0 fully saturated rings. The molecule has 0 bridgehead atoms. The Labute approximate surface area is 173 Å². The second-order valence-electron chi connectivity index (χ2n) is 7.76. The van der Waals surface area contributed by atoms with Gasteiger partial charge in [-0.1, -0.05) is 6.07 Å². The van der Waals surface area contributed by atoms with Crippen molar-refractivity contribution in [2.45, 2.75) is 58.8 Å². The standard InChI is InChI=1S/C21H33NO7/c1-14(2)28-19(23)16(22(13-25-6)20(24)29-21(3,4)5)11-15-9-10-17(26-7)18(12-15)27-8/h9-10,12,14,16H,11,13H2,1-8H3/t16-/m0/s1. The van der Waals surface area contributed by atoms with Crippen LogP contribution in [0.1, 0.15) is 40.2 Å². The molecular formula is C21H33NO7. The van der Waals surface area contributed by atoms with E-state index in [0.717, 1.165) is 5.56 Å². The lowest BCUT2D eigenvalue weighted by Crippen LogP contribution is -2.50. The van der Waals surface area contributed by atoms with Crippen molar-refractivity contribution in [1.29, 1.82) is 0 Å². The number of carbonyl (C=O) groups is 2. The highest BCUT2D eigenvalue weighted by Gasteiger charge is 2.35. The summed E-state index contributed by atoms with van der Waals surface area (Å²) in [5, 5.41) is 0. The Morgan fingerprint density at radius 2 is 1.66 bits per heavy atom. The summed E-state index contributed by atoms with van der Waals surface area (Å²) in [5.74, 6) is 0.549. The minimum Gasteiger partial charge on any atom is -0.493 e. The van der Waals surface area contributed by atoms with E-state index in [4.69, 9.17) is 23.7 Å². The van der Waals surface area contributed by atoms with Gasteiger partial charge in [-0.25, -0.2) is 9.59 Å². The summed E-state index contributed by atoms with van der Waals surface area (Å²) in [6.07, 6.45) is -0.807. The summed E-state index contributed by atoms with van der Waals surface area (Å²) >= 11 is 0. The largest absolute Gasteiger partial charge is 0.493 e. The zero-order valence-corrected chi connectivity index (χ0v) is 18.6. The molecule has 0 aromatic heterocycles. The Morgan fingerprint density at radius 3 is 2.14 bits per heavy atom. The minimum atomic E-state index is -0.940. The van der Waals surface area contributed by atoms with Crippen molar-refractivity contribution in [3.8, 4) is 11.5 Å². The zero-order chi connectivity index (χ0) is 22.2. The zero-order valence-electron chi connectivity index (χ0n) is 18.6. The molecule has 0 aliphatic carbocycles. The topological polar surface area (TPSA) is 83.5 Å². The maximum atomic E-state index is 12.8. The summed E-state index contributed by atoms with van der Waals surface area (Å²) in [6, 6.07) is 4.36. The number of benzene rings is 1. The number of hydrogen-bond donors (Lipinski definition) is 0. The molecule has 8 heteroatoms. The molecule has 1 atom stereocenters. The van der Waals surface area contributed by atoms with E-state index < -0.39 is 23.7 Å². The third-order valence-corrected chi connectivity index (χ3v) is 3.77. The lowest BCUT2D eigenvalue weighted by atomic mass is 10.0. The van der Waals surface area contributed by atoms with Crippen LogP contribution < -0.4 is 9.47 Å². The van der Waals surface area contributed by atoms with Gasteiger partial charge in [0.05, 0.1) is 20.3 Å². The monoisotopic (exact) mass is 411 g/mol. The smallest absolute Gasteiger partial charge is 0.412 e. The van der Waals surface area contributed by atoms with Gasteiger partial charge in [-0.3, -0.25) is 4.90 Å². The first kappa shape index (κ1) is 24.6. The molecule has 1 aromatic rings. The first-order valence-electron chi connectivity index (χ1n) is 9.42. The summed E-state index contributed by atoms with van der Waals surface area (Å²) in [5.41, 5.74) is 0.0388. The van der Waals surface area contributed by atoms with Crippen LogP contribution in [0.3, 0.4) is 0 Å². The van der Waals surface area contributed by atoms with Gasteiger partial charge >= 0.3 is 12.1 Å². The van der Waals surface area contributed by atoms with Crippen LogP contribution in [-0.2, 0) is 25.4 Å². The second-order valence-corrected chi connectivity index (χ2v) is 7.76. The van der Waals surface area contributed by atoms with Gasteiger partial charge in [-0.15, -0.1) is 0 Å². The molecule has 0 heterocycles. The van der Waals surface area contributed by atoms with E-state index in [9.17, 15) is 9.59 Å². The van der Waals surface area contributed by atoms with E-state index in [1.807, 2.05) is 0 Å². The van der Waals surface area contributed by atoms with Gasteiger partial charge in [0, 0.05) is 13.5 Å². The van der Waals surface area contributed by atoms with Gasteiger partial charge in [0.1, 0.15) is 18.4 Å². The van der Waals surface area contributed by atoms with Crippen LogP contribution in [0, 0.1) is 0 Å². The number of carbonyl (C=O) groups excluding carboxylic acids is 2. The van der Waals surface area contributed by atoms with E-state index in [-0.39, 0.29) is 19.3 Å². The van der Waals surface area contributed by atoms with Gasteiger partial charge in [0.15, 0.2) is 11.5 Å². The van der Waals surface area contributed by atoms with Crippen LogP contribution >= 0.6 is 0 Å². The number of esters is 1. The van der Waals surface area contributed by atoms with Crippen LogP contribution in [0.5, 0.6) is 11.5 Å². The van der Waals surface area contributed by atoms with E-state index in [0.29, 0.717) is 11.5 Å². The predicted octanol–water partition coefficient (Wildman–Crippen LogP) is 3.41. The molecule has 0 radical (unpaired) electrons. The molecule has 0 unspecified atom stereocenters. The van der Waals surface area contributed by atoms with E-state index in [1.165, 1.54) is 19.1 Å². The summed E-state index contributed by atoms with van der Waals surface area (Å²) in [4.78, 5) is 26.8. The second kappa shape index (κ2) is 10.9. The minimum absolute atomic E-state index is 0.125. The highest BCUT2D eigenvalue weighted by molar-refractivity contribution is 5.82. The fourth-order valence-corrected chi connectivity index (χ4v) is 2.59. The Morgan fingerprint density at radius 1 is 1.03 bits per heavy atom. The molecule has 0 spiro atoms. The highest BCUT2D eigenvalue weighted by atomic mass is 16.6. The molecule has 0 saturated heterocycles. The molecule has 8 nitrogen and oxygen atoms in total. The van der Waals surface area contributed by atoms with Crippen molar-refractivity contribution in [1.82, 2.24) is 4.90 Å². The molecule has 1 aromatic carbocycles. The molecule has 0 saturated carbocycles. The number of rotatable bonds is 9. The number of nitrogens with zero attached hydrogens (tertiary/aromatic N) is 1. The average Bonchev–Trinajstić information content (AvgIpc) is 2.62. The highest BCUT2D eigenvalue weighted by Crippen LogP contribution is 2.28. The summed E-state index contributed by atoms with van der Waals surface area (Å²) < 4.78 is 26.6. The third-order valence-electron chi connectivity index (χ3n) is 3.77. The number of ether oxygens (including phenoxy) is 5. The average molecular weight is 411 g/mol. The SMILES string of the molecule is COCN(C(=O)OC(C)(C)C)[C@@H](Cc1ccc(OC)c(OC)c1)C(=O)OC(C)C. The summed E-state index contributed by atoms with van der Waals surface area (Å²) in [7, 11) is 4.52. The predicted molar refractivity (Wildman–Crippen MR) is 108 cm³/mol. The quantitative estimate of drug-likeness (QED) is 0.455. The molecule has 0 aliphatic heterocycles. The maximum absolute atomic E-state index is 12.8. The van der Waals surface area contributed by atoms with Gasteiger partial charge in [-0.2, -0.15) is 0 Å². The van der Waals surface area contributed by atoms with Gasteiger partial charge in [-0.05, 0) is 52.3 Å². The number of amides is 1. The third kappa shape index (κ3) is 7.81. The Bertz CT molecular complexity index is 682. The Hall–Kier alpha value is -2.48. The van der Waals surface area contributed by atoms with Crippen molar-refractivity contribution < 1.29 is 33.3 Å². The van der Waals surface area contributed by atoms with Crippen LogP contribution in [0.15, 0.2) is 18.2 Å². The first-order chi connectivity index (χ1) is 13.5. The number of methoxy groups -OCH3 is 3. The molecule has 1 rings (SSSR count). The molecule has 0 aliphatic rings. The van der Waals surface area contributed by atoms with Crippen molar-refractivity contribution in [2.75, 3.05) is 28.1 Å². The van der Waals surface area contributed by atoms with E-state index in [2.05, 4.69) is 0 Å². The van der Waals surface area contributed by atoms with E-state index in [1.54, 1.807) is 59.9 Å². The summed E-state index contributed by atoms with van der Waals surface area (Å²) in [6.45, 7) is 8.64. The van der Waals surface area contributed by atoms with Crippen molar-refractivity contribution >= 4 is 12.1 Å². The normalized spacial score (nSPS) is 12.3. The first-order valence-corrected chi connectivity index (χ1v) is 9.42. The maximum Gasteiger partial charge on any atom is 0.412 e. The van der Waals surface area contributed by atoms with Crippen molar-refractivity contribution in [3.05, 3.63) is 23.8 Å².